The summed E-state index contributed by atoms with van der Waals surface area (Å²) in [4.78, 5) is 12.1. The van der Waals surface area contributed by atoms with Crippen molar-refractivity contribution in [2.75, 3.05) is 0 Å². The summed E-state index contributed by atoms with van der Waals surface area (Å²) >= 11 is 0. The van der Waals surface area contributed by atoms with Gasteiger partial charge in [0.25, 0.3) is 0 Å². The van der Waals surface area contributed by atoms with Crippen molar-refractivity contribution < 1.29 is 9.21 Å². The Morgan fingerprint density at radius 2 is 1.88 bits per heavy atom. The summed E-state index contributed by atoms with van der Waals surface area (Å²) < 4.78 is 5.00. The first-order chi connectivity index (χ1) is 7.86. The normalized spacial score (nSPS) is 19.0. The number of carbonyl (C=O) groups is 1. The molecule has 0 N–H and O–H groups in total. The molecule has 0 radical (unpaired) electrons. The molecule has 1 aliphatic rings. The van der Waals surface area contributed by atoms with Crippen LogP contribution < -0.4 is 0 Å². The van der Waals surface area contributed by atoms with E-state index in [4.69, 9.17) is 4.42 Å². The molecule has 1 fully saturated rings. The fraction of sp³-hybridized carbons (Fsp3) is 0.643. The molecule has 0 atom stereocenters. The van der Waals surface area contributed by atoms with Crippen molar-refractivity contribution in [1.29, 1.82) is 0 Å². The Hall–Kier alpha value is -1.05. The highest BCUT2D eigenvalue weighted by Crippen LogP contribution is 2.24. The van der Waals surface area contributed by atoms with E-state index >= 15 is 0 Å². The van der Waals surface area contributed by atoms with Crippen molar-refractivity contribution in [2.45, 2.75) is 51.4 Å². The predicted octanol–water partition coefficient (Wildman–Crippen LogP) is 3.75. The Kier molecular flexibility index (Phi) is 4.20. The maximum absolute atomic E-state index is 12.1. The third-order valence-electron chi connectivity index (χ3n) is 3.52. The smallest absolute Gasteiger partial charge is 0.140 e. The molecule has 1 aromatic heterocycles. The fourth-order valence-electron chi connectivity index (χ4n) is 2.52. The molecule has 88 valence electrons. The zero-order valence-corrected chi connectivity index (χ0v) is 9.78. The lowest BCUT2D eigenvalue weighted by atomic mass is 9.86. The highest BCUT2D eigenvalue weighted by Gasteiger charge is 2.19. The van der Waals surface area contributed by atoms with Gasteiger partial charge < -0.3 is 4.42 Å². The summed E-state index contributed by atoms with van der Waals surface area (Å²) in [6.07, 6.45) is 12.5. The average Bonchev–Trinajstić information content (AvgIpc) is 2.69. The van der Waals surface area contributed by atoms with Gasteiger partial charge in [0.15, 0.2) is 0 Å². The first-order valence-electron chi connectivity index (χ1n) is 6.40. The second-order valence-corrected chi connectivity index (χ2v) is 4.82. The molecule has 1 saturated carbocycles. The molecular formula is C14H20O2. The summed E-state index contributed by atoms with van der Waals surface area (Å²) in [7, 11) is 0. The van der Waals surface area contributed by atoms with Crippen LogP contribution in [0, 0.1) is 5.92 Å². The quantitative estimate of drug-likeness (QED) is 0.776. The lowest BCUT2D eigenvalue weighted by molar-refractivity contribution is -0.122. The van der Waals surface area contributed by atoms with Crippen molar-refractivity contribution >= 4 is 5.78 Å². The van der Waals surface area contributed by atoms with E-state index in [1.807, 2.05) is 6.07 Å². The van der Waals surface area contributed by atoms with Crippen molar-refractivity contribution in [1.82, 2.24) is 0 Å². The van der Waals surface area contributed by atoms with Gasteiger partial charge in [0.2, 0.25) is 0 Å². The molecule has 2 nitrogen and oxygen atoms in total. The average molecular weight is 220 g/mol. The van der Waals surface area contributed by atoms with Crippen LogP contribution in [0.25, 0.3) is 0 Å². The molecule has 0 saturated heterocycles. The van der Waals surface area contributed by atoms with Gasteiger partial charge in [-0.25, -0.2) is 0 Å². The molecular weight excluding hydrogens is 200 g/mol. The Morgan fingerprint density at radius 1 is 1.19 bits per heavy atom. The van der Waals surface area contributed by atoms with E-state index < -0.39 is 0 Å². The number of rotatable bonds is 3. The van der Waals surface area contributed by atoms with Gasteiger partial charge in [-0.3, -0.25) is 4.79 Å². The molecule has 16 heavy (non-hydrogen) atoms. The van der Waals surface area contributed by atoms with Gasteiger partial charge in [-0.15, -0.1) is 0 Å². The van der Waals surface area contributed by atoms with Gasteiger partial charge in [0, 0.05) is 12.3 Å². The van der Waals surface area contributed by atoms with Gasteiger partial charge in [-0.2, -0.15) is 0 Å². The number of carbonyl (C=O) groups excluding carboxylic acids is 1. The number of Topliss-reactive ketones (excluding diaryl/α,β-unsaturated/α-hetero) is 1. The summed E-state index contributed by atoms with van der Waals surface area (Å²) in [5, 5.41) is 0. The molecule has 1 heterocycles. The maximum atomic E-state index is 12.1. The van der Waals surface area contributed by atoms with Crippen LogP contribution in [0.5, 0.6) is 0 Å². The van der Waals surface area contributed by atoms with Crippen LogP contribution in [0.3, 0.4) is 0 Å². The topological polar surface area (TPSA) is 30.2 Å². The van der Waals surface area contributed by atoms with Crippen molar-refractivity contribution in [3.05, 3.63) is 24.2 Å². The predicted molar refractivity (Wildman–Crippen MR) is 63.2 cm³/mol. The summed E-state index contributed by atoms with van der Waals surface area (Å²) in [6.45, 7) is 0. The van der Waals surface area contributed by atoms with E-state index in [9.17, 15) is 4.79 Å². The van der Waals surface area contributed by atoms with Crippen LogP contribution in [0.4, 0.5) is 0 Å². The zero-order valence-electron chi connectivity index (χ0n) is 9.78. The third-order valence-corrected chi connectivity index (χ3v) is 3.52. The Balaban J connectivity index is 1.87. The summed E-state index contributed by atoms with van der Waals surface area (Å²) in [6, 6.07) is 1.89. The van der Waals surface area contributed by atoms with Crippen LogP contribution in [-0.4, -0.2) is 5.78 Å². The third kappa shape index (κ3) is 3.22. The van der Waals surface area contributed by atoms with Crippen LogP contribution in [0.2, 0.25) is 0 Å². The van der Waals surface area contributed by atoms with E-state index in [1.54, 1.807) is 12.5 Å². The standard InChI is InChI=1S/C14H20O2/c15-14(10-12-8-9-16-11-12)13-6-4-2-1-3-5-7-13/h8-9,11,13H,1-7,10H2. The molecule has 0 unspecified atom stereocenters. The molecule has 0 aliphatic heterocycles. The highest BCUT2D eigenvalue weighted by atomic mass is 16.3. The minimum Gasteiger partial charge on any atom is -0.472 e. The summed E-state index contributed by atoms with van der Waals surface area (Å²) in [5.74, 6) is 0.707. The molecule has 0 bridgehead atoms. The Labute approximate surface area is 97.0 Å². The van der Waals surface area contributed by atoms with Gasteiger partial charge >= 0.3 is 0 Å². The molecule has 2 heteroatoms. The van der Waals surface area contributed by atoms with E-state index in [-0.39, 0.29) is 0 Å². The van der Waals surface area contributed by atoms with E-state index in [0.29, 0.717) is 18.1 Å². The SMILES string of the molecule is O=C(Cc1ccoc1)C1CCCCCCC1. The zero-order chi connectivity index (χ0) is 11.2. The fourth-order valence-corrected chi connectivity index (χ4v) is 2.52. The van der Waals surface area contributed by atoms with E-state index in [0.717, 1.165) is 18.4 Å². The number of ketones is 1. The van der Waals surface area contributed by atoms with Crippen LogP contribution in [0.15, 0.2) is 23.0 Å². The Morgan fingerprint density at radius 3 is 2.50 bits per heavy atom. The van der Waals surface area contributed by atoms with Gasteiger partial charge in [0.05, 0.1) is 12.5 Å². The van der Waals surface area contributed by atoms with Crippen molar-refractivity contribution in [3.8, 4) is 0 Å². The molecule has 1 aliphatic carbocycles. The second-order valence-electron chi connectivity index (χ2n) is 4.82. The molecule has 2 rings (SSSR count). The lowest BCUT2D eigenvalue weighted by Gasteiger charge is -2.18. The van der Waals surface area contributed by atoms with Gasteiger partial charge in [-0.05, 0) is 24.5 Å². The highest BCUT2D eigenvalue weighted by molar-refractivity contribution is 5.83. The van der Waals surface area contributed by atoms with Crippen molar-refractivity contribution in [2.24, 2.45) is 5.92 Å². The van der Waals surface area contributed by atoms with Gasteiger partial charge in [0.1, 0.15) is 5.78 Å². The Bertz CT molecular complexity index is 305. The van der Waals surface area contributed by atoms with E-state index in [2.05, 4.69) is 0 Å². The van der Waals surface area contributed by atoms with E-state index in [1.165, 1.54) is 32.1 Å². The van der Waals surface area contributed by atoms with Crippen LogP contribution in [-0.2, 0) is 11.2 Å². The molecule has 1 aromatic rings. The molecule has 0 spiro atoms. The number of hydrogen-bond acceptors (Lipinski definition) is 2. The second kappa shape index (κ2) is 5.88. The number of hydrogen-bond donors (Lipinski definition) is 0. The minimum atomic E-state index is 0.301. The molecule has 0 amide bonds. The minimum absolute atomic E-state index is 0.301. The summed E-state index contributed by atoms with van der Waals surface area (Å²) in [5.41, 5.74) is 1.02. The first-order valence-corrected chi connectivity index (χ1v) is 6.40. The first kappa shape index (κ1) is 11.4. The van der Waals surface area contributed by atoms with Crippen LogP contribution in [0.1, 0.15) is 50.5 Å². The number of furan rings is 1. The van der Waals surface area contributed by atoms with Gasteiger partial charge in [-0.1, -0.05) is 32.1 Å². The monoisotopic (exact) mass is 220 g/mol. The van der Waals surface area contributed by atoms with Crippen molar-refractivity contribution in [3.63, 3.8) is 0 Å². The molecule has 0 aromatic carbocycles. The maximum Gasteiger partial charge on any atom is 0.140 e. The largest absolute Gasteiger partial charge is 0.472 e. The lowest BCUT2D eigenvalue weighted by Crippen LogP contribution is -2.17. The van der Waals surface area contributed by atoms with Crippen LogP contribution >= 0.6 is 0 Å².